The Morgan fingerprint density at radius 2 is 1.68 bits per heavy atom. The van der Waals surface area contributed by atoms with Crippen molar-refractivity contribution in [2.75, 3.05) is 31.6 Å². The number of alkyl halides is 3. The number of ether oxygens (including phenoxy) is 1. The SMILES string of the molecule is O=C(Nc1ccc2c(c1)CN(C(=O)c1c(Sc3c(Cl)cccc3Cl)cc(C(F)(F)Cl)[nH]c1=O)C2)N1CCOCC1. The maximum absolute atomic E-state index is 14.0. The fourth-order valence-corrected chi connectivity index (χ4v) is 6.15. The molecule has 5 rings (SSSR count). The van der Waals surface area contributed by atoms with Crippen molar-refractivity contribution >= 4 is 64.2 Å². The Morgan fingerprint density at radius 3 is 2.35 bits per heavy atom. The number of hydrogen-bond donors (Lipinski definition) is 2. The van der Waals surface area contributed by atoms with Gasteiger partial charge in [0.2, 0.25) is 0 Å². The first-order valence-electron chi connectivity index (χ1n) is 12.0. The van der Waals surface area contributed by atoms with E-state index in [1.165, 1.54) is 4.90 Å². The molecule has 2 aromatic carbocycles. The lowest BCUT2D eigenvalue weighted by Crippen LogP contribution is -2.43. The first-order chi connectivity index (χ1) is 19.0. The largest absolute Gasteiger partial charge is 0.378 e. The Morgan fingerprint density at radius 1 is 1.00 bits per heavy atom. The van der Waals surface area contributed by atoms with Crippen molar-refractivity contribution in [2.45, 2.75) is 28.3 Å². The molecule has 2 aliphatic heterocycles. The van der Waals surface area contributed by atoms with E-state index in [2.05, 4.69) is 5.32 Å². The molecule has 0 spiro atoms. The maximum atomic E-state index is 14.0. The van der Waals surface area contributed by atoms with Crippen LogP contribution in [0.3, 0.4) is 0 Å². The minimum absolute atomic E-state index is 0.0755. The van der Waals surface area contributed by atoms with Crippen LogP contribution in [0, 0.1) is 0 Å². The summed E-state index contributed by atoms with van der Waals surface area (Å²) in [6, 6.07) is 10.7. The molecule has 3 amide bonds. The molecular weight excluding hydrogens is 609 g/mol. The lowest BCUT2D eigenvalue weighted by Gasteiger charge is -2.27. The molecule has 1 saturated heterocycles. The second-order valence-electron chi connectivity index (χ2n) is 9.08. The Kier molecular flexibility index (Phi) is 8.30. The molecule has 40 heavy (non-hydrogen) atoms. The van der Waals surface area contributed by atoms with Crippen molar-refractivity contribution < 1.29 is 23.1 Å². The van der Waals surface area contributed by atoms with Gasteiger partial charge in [-0.05, 0) is 53.1 Å². The zero-order chi connectivity index (χ0) is 28.6. The molecule has 0 atom stereocenters. The smallest absolute Gasteiger partial charge is 0.362 e. The molecule has 2 aliphatic rings. The summed E-state index contributed by atoms with van der Waals surface area (Å²) in [5.41, 5.74) is -0.0899. The number of morpholine rings is 1. The number of aromatic nitrogens is 1. The third-order valence-corrected chi connectivity index (χ3v) is 8.66. The highest BCUT2D eigenvalue weighted by molar-refractivity contribution is 7.99. The van der Waals surface area contributed by atoms with Gasteiger partial charge in [-0.3, -0.25) is 9.59 Å². The van der Waals surface area contributed by atoms with Gasteiger partial charge in [-0.2, -0.15) is 8.78 Å². The highest BCUT2D eigenvalue weighted by Crippen LogP contribution is 2.41. The number of hydrogen-bond acceptors (Lipinski definition) is 5. The van der Waals surface area contributed by atoms with Crippen LogP contribution in [-0.2, 0) is 23.2 Å². The number of carbonyl (C=O) groups excluding carboxylic acids is 2. The highest BCUT2D eigenvalue weighted by atomic mass is 35.5. The van der Waals surface area contributed by atoms with Crippen LogP contribution in [0.4, 0.5) is 19.3 Å². The number of benzene rings is 2. The molecule has 1 aromatic heterocycles. The molecule has 2 N–H and O–H groups in total. The van der Waals surface area contributed by atoms with Crippen LogP contribution >= 0.6 is 46.6 Å². The van der Waals surface area contributed by atoms with E-state index in [-0.39, 0.29) is 39.6 Å². The van der Waals surface area contributed by atoms with Gasteiger partial charge in [0.05, 0.1) is 23.3 Å². The summed E-state index contributed by atoms with van der Waals surface area (Å²) in [6.45, 7) is 2.24. The molecule has 1 fully saturated rings. The molecular formula is C26H21Cl3F2N4O4S. The second-order valence-corrected chi connectivity index (χ2v) is 11.4. The Hall–Kier alpha value is -2.83. The van der Waals surface area contributed by atoms with E-state index in [1.54, 1.807) is 41.3 Å². The van der Waals surface area contributed by atoms with Crippen molar-refractivity contribution in [1.29, 1.82) is 0 Å². The zero-order valence-electron chi connectivity index (χ0n) is 20.6. The average Bonchev–Trinajstić information content (AvgIpc) is 3.34. The normalized spacial score (nSPS) is 15.2. The molecule has 0 radical (unpaired) electrons. The fraction of sp³-hybridized carbons (Fsp3) is 0.269. The van der Waals surface area contributed by atoms with Crippen molar-refractivity contribution in [1.82, 2.24) is 14.8 Å². The summed E-state index contributed by atoms with van der Waals surface area (Å²) in [4.78, 5) is 44.6. The molecule has 3 aromatic rings. The number of pyridine rings is 1. The van der Waals surface area contributed by atoms with Crippen molar-refractivity contribution in [3.63, 3.8) is 0 Å². The van der Waals surface area contributed by atoms with Gasteiger partial charge in [0, 0.05) is 41.7 Å². The van der Waals surface area contributed by atoms with Gasteiger partial charge >= 0.3 is 11.4 Å². The third-order valence-electron chi connectivity index (χ3n) is 6.41. The van der Waals surface area contributed by atoms with Crippen LogP contribution in [0.2, 0.25) is 10.0 Å². The van der Waals surface area contributed by atoms with Crippen molar-refractivity contribution in [2.24, 2.45) is 0 Å². The van der Waals surface area contributed by atoms with Gasteiger partial charge in [0.1, 0.15) is 11.3 Å². The van der Waals surface area contributed by atoms with Crippen LogP contribution in [0.25, 0.3) is 0 Å². The second kappa shape index (κ2) is 11.6. The molecule has 0 bridgehead atoms. The van der Waals surface area contributed by atoms with Crippen molar-refractivity contribution in [3.05, 3.63) is 85.2 Å². The molecule has 0 unspecified atom stereocenters. The predicted octanol–water partition coefficient (Wildman–Crippen LogP) is 6.14. The molecule has 14 heteroatoms. The van der Waals surface area contributed by atoms with Crippen LogP contribution in [0.5, 0.6) is 0 Å². The number of carbonyl (C=O) groups is 2. The topological polar surface area (TPSA) is 94.7 Å². The number of amides is 3. The van der Waals surface area contributed by atoms with Crippen LogP contribution in [0.1, 0.15) is 27.2 Å². The Bertz CT molecular complexity index is 1520. The lowest BCUT2D eigenvalue weighted by atomic mass is 10.1. The van der Waals surface area contributed by atoms with E-state index in [4.69, 9.17) is 39.5 Å². The first-order valence-corrected chi connectivity index (χ1v) is 14.0. The van der Waals surface area contributed by atoms with Gasteiger partial charge < -0.3 is 24.8 Å². The first kappa shape index (κ1) is 28.7. The summed E-state index contributed by atoms with van der Waals surface area (Å²) in [7, 11) is 0. The predicted molar refractivity (Wildman–Crippen MR) is 149 cm³/mol. The number of anilines is 1. The summed E-state index contributed by atoms with van der Waals surface area (Å²) < 4.78 is 33.2. The van der Waals surface area contributed by atoms with Gasteiger partial charge in [-0.1, -0.05) is 47.1 Å². The number of fused-ring (bicyclic) bond motifs is 1. The summed E-state index contributed by atoms with van der Waals surface area (Å²) in [5.74, 6) is -0.675. The van der Waals surface area contributed by atoms with Crippen molar-refractivity contribution in [3.8, 4) is 0 Å². The fourth-order valence-electron chi connectivity index (χ4n) is 4.40. The monoisotopic (exact) mass is 628 g/mol. The molecule has 8 nitrogen and oxygen atoms in total. The van der Waals surface area contributed by atoms with Gasteiger partial charge in [-0.15, -0.1) is 0 Å². The Labute approximate surface area is 246 Å². The van der Waals surface area contributed by atoms with E-state index in [9.17, 15) is 23.2 Å². The van der Waals surface area contributed by atoms with Crippen LogP contribution in [-0.4, -0.2) is 53.0 Å². The van der Waals surface area contributed by atoms with Gasteiger partial charge in [0.15, 0.2) is 0 Å². The standard InChI is InChI=1S/C26H21Cl3F2N4O4S/c27-17-2-1-3-18(28)22(17)40-19-11-20(26(29,30)31)33-23(36)21(19)24(37)35-12-14-4-5-16(10-15(14)13-35)32-25(38)34-6-8-39-9-7-34/h1-5,10-11H,6-9,12-13H2,(H,32,38)(H,33,36). The number of H-pyrrole nitrogens is 1. The van der Waals surface area contributed by atoms with E-state index in [0.717, 1.165) is 29.0 Å². The third kappa shape index (κ3) is 6.08. The summed E-state index contributed by atoms with van der Waals surface area (Å²) in [5, 5.41) is -0.592. The number of rotatable bonds is 5. The number of nitrogens with one attached hydrogen (secondary N) is 2. The van der Waals surface area contributed by atoms with E-state index < -0.39 is 22.5 Å². The van der Waals surface area contributed by atoms with Crippen LogP contribution < -0.4 is 10.9 Å². The number of nitrogens with zero attached hydrogens (tertiary/aromatic N) is 2. The van der Waals surface area contributed by atoms with E-state index in [0.29, 0.717) is 36.9 Å². The number of halogens is 5. The van der Waals surface area contributed by atoms with Crippen LogP contribution in [0.15, 0.2) is 57.1 Å². The Balaban J connectivity index is 1.42. The van der Waals surface area contributed by atoms with E-state index >= 15 is 0 Å². The minimum Gasteiger partial charge on any atom is -0.378 e. The number of aromatic amines is 1. The molecule has 0 saturated carbocycles. The lowest BCUT2D eigenvalue weighted by molar-refractivity contribution is 0.0564. The van der Waals surface area contributed by atoms with E-state index in [1.807, 2.05) is 4.98 Å². The summed E-state index contributed by atoms with van der Waals surface area (Å²) in [6.07, 6.45) is 0. The highest BCUT2D eigenvalue weighted by Gasteiger charge is 2.34. The zero-order valence-corrected chi connectivity index (χ0v) is 23.7. The average molecular weight is 630 g/mol. The molecule has 3 heterocycles. The quantitative estimate of drug-likeness (QED) is 0.331. The molecule has 0 aliphatic carbocycles. The summed E-state index contributed by atoms with van der Waals surface area (Å²) >= 11 is 18.5. The van der Waals surface area contributed by atoms with Gasteiger partial charge in [0.25, 0.3) is 11.5 Å². The maximum Gasteiger partial charge on any atom is 0.362 e. The van der Waals surface area contributed by atoms with Gasteiger partial charge in [-0.25, -0.2) is 4.79 Å². The molecule has 210 valence electrons. The minimum atomic E-state index is -3.88. The number of urea groups is 1.